The molecule has 1 unspecified atom stereocenters. The maximum atomic E-state index is 5.41. The van der Waals surface area contributed by atoms with Crippen LogP contribution < -0.4 is 0 Å². The van der Waals surface area contributed by atoms with Crippen LogP contribution in [0.5, 0.6) is 0 Å². The first-order chi connectivity index (χ1) is 5.95. The van der Waals surface area contributed by atoms with Gasteiger partial charge in [0, 0.05) is 0 Å². The Morgan fingerprint density at radius 3 is 3.17 bits per heavy atom. The Hall–Kier alpha value is -1.28. The van der Waals surface area contributed by atoms with Crippen LogP contribution in [-0.2, 0) is 9.47 Å². The molecule has 1 aromatic rings. The molecule has 1 aliphatic carbocycles. The van der Waals surface area contributed by atoms with Gasteiger partial charge < -0.3 is 9.47 Å². The average Bonchev–Trinajstić information content (AvgIpc) is 2.62. The van der Waals surface area contributed by atoms with Crippen LogP contribution in [0.15, 0.2) is 30.0 Å². The molecule has 1 atom stereocenters. The minimum atomic E-state index is 0.0706. The molecule has 0 saturated carbocycles. The van der Waals surface area contributed by atoms with E-state index in [9.17, 15) is 0 Å². The lowest BCUT2D eigenvalue weighted by Crippen LogP contribution is -1.94. The average molecular weight is 160 g/mol. The highest BCUT2D eigenvalue weighted by atomic mass is 16.7. The fourth-order valence-corrected chi connectivity index (χ4v) is 1.72. The van der Waals surface area contributed by atoms with Gasteiger partial charge in [0.05, 0.1) is 0 Å². The minimum absolute atomic E-state index is 0.0706. The van der Waals surface area contributed by atoms with Crippen LogP contribution in [-0.4, -0.2) is 6.79 Å². The molecule has 0 amide bonds. The number of rotatable bonds is 0. The third-order valence-electron chi connectivity index (χ3n) is 2.29. The predicted molar refractivity (Wildman–Crippen MR) is 44.2 cm³/mol. The van der Waals surface area contributed by atoms with Crippen molar-refractivity contribution in [3.05, 3.63) is 41.2 Å². The van der Waals surface area contributed by atoms with Crippen molar-refractivity contribution in [2.75, 3.05) is 6.79 Å². The van der Waals surface area contributed by atoms with E-state index in [1.54, 1.807) is 0 Å². The normalized spacial score (nSPS) is 24.3. The van der Waals surface area contributed by atoms with E-state index < -0.39 is 0 Å². The fourth-order valence-electron chi connectivity index (χ4n) is 1.72. The van der Waals surface area contributed by atoms with Crippen molar-refractivity contribution in [3.8, 4) is 0 Å². The van der Waals surface area contributed by atoms with Gasteiger partial charge in [0.1, 0.15) is 11.9 Å². The number of ether oxygens (including phenoxy) is 2. The SMILES string of the molecule is C1=C2OCOC2c2ccccc21. The number of hydrogen-bond donors (Lipinski definition) is 0. The van der Waals surface area contributed by atoms with Crippen molar-refractivity contribution in [3.63, 3.8) is 0 Å². The molecule has 3 rings (SSSR count). The Morgan fingerprint density at radius 1 is 1.25 bits per heavy atom. The quantitative estimate of drug-likeness (QED) is 0.578. The zero-order chi connectivity index (χ0) is 7.97. The van der Waals surface area contributed by atoms with Crippen molar-refractivity contribution >= 4 is 6.08 Å². The summed E-state index contributed by atoms with van der Waals surface area (Å²) in [5.41, 5.74) is 2.45. The maximum Gasteiger partial charge on any atom is 0.190 e. The summed E-state index contributed by atoms with van der Waals surface area (Å²) in [6.45, 7) is 0.394. The van der Waals surface area contributed by atoms with Gasteiger partial charge in [0.2, 0.25) is 0 Å². The van der Waals surface area contributed by atoms with Crippen LogP contribution in [0.4, 0.5) is 0 Å². The largest absolute Gasteiger partial charge is 0.469 e. The molecule has 0 bridgehead atoms. The molecule has 0 N–H and O–H groups in total. The van der Waals surface area contributed by atoms with E-state index in [0.29, 0.717) is 6.79 Å². The minimum Gasteiger partial charge on any atom is -0.469 e. The van der Waals surface area contributed by atoms with Gasteiger partial charge in [-0.3, -0.25) is 0 Å². The molecule has 0 aromatic heterocycles. The summed E-state index contributed by atoms with van der Waals surface area (Å²) < 4.78 is 10.7. The summed E-state index contributed by atoms with van der Waals surface area (Å²) in [6, 6.07) is 8.21. The van der Waals surface area contributed by atoms with E-state index in [2.05, 4.69) is 12.1 Å². The van der Waals surface area contributed by atoms with Crippen LogP contribution in [0.1, 0.15) is 17.2 Å². The Labute approximate surface area is 70.4 Å². The van der Waals surface area contributed by atoms with Gasteiger partial charge in [0.15, 0.2) is 6.79 Å². The lowest BCUT2D eigenvalue weighted by Gasteiger charge is -2.03. The van der Waals surface area contributed by atoms with Crippen molar-refractivity contribution in [1.82, 2.24) is 0 Å². The first-order valence-corrected chi connectivity index (χ1v) is 4.00. The van der Waals surface area contributed by atoms with Gasteiger partial charge in [-0.25, -0.2) is 0 Å². The molecule has 0 radical (unpaired) electrons. The molecular formula is C10H8O2. The zero-order valence-electron chi connectivity index (χ0n) is 6.49. The molecule has 2 aliphatic rings. The van der Waals surface area contributed by atoms with Crippen LogP contribution >= 0.6 is 0 Å². The highest BCUT2D eigenvalue weighted by Gasteiger charge is 2.31. The zero-order valence-corrected chi connectivity index (χ0v) is 6.49. The van der Waals surface area contributed by atoms with Crippen LogP contribution in [0.3, 0.4) is 0 Å². The van der Waals surface area contributed by atoms with Gasteiger partial charge >= 0.3 is 0 Å². The predicted octanol–water partition coefficient (Wildman–Crippen LogP) is 2.09. The molecule has 1 saturated heterocycles. The molecule has 0 spiro atoms. The molecule has 2 heteroatoms. The van der Waals surface area contributed by atoms with Gasteiger partial charge in [-0.05, 0) is 17.2 Å². The maximum absolute atomic E-state index is 5.41. The van der Waals surface area contributed by atoms with Crippen molar-refractivity contribution in [2.24, 2.45) is 0 Å². The second-order valence-corrected chi connectivity index (χ2v) is 2.98. The Kier molecular flexibility index (Phi) is 1.10. The number of fused-ring (bicyclic) bond motifs is 3. The first-order valence-electron chi connectivity index (χ1n) is 4.00. The van der Waals surface area contributed by atoms with Gasteiger partial charge in [-0.2, -0.15) is 0 Å². The lowest BCUT2D eigenvalue weighted by molar-refractivity contribution is 0.0489. The summed E-state index contributed by atoms with van der Waals surface area (Å²) in [6.07, 6.45) is 2.12. The molecule has 12 heavy (non-hydrogen) atoms. The summed E-state index contributed by atoms with van der Waals surface area (Å²) in [5, 5.41) is 0. The number of benzene rings is 1. The topological polar surface area (TPSA) is 18.5 Å². The molecular weight excluding hydrogens is 152 g/mol. The summed E-state index contributed by atoms with van der Waals surface area (Å²) in [7, 11) is 0. The first kappa shape index (κ1) is 6.26. The molecule has 1 heterocycles. The van der Waals surface area contributed by atoms with E-state index in [-0.39, 0.29) is 6.10 Å². The number of hydrogen-bond acceptors (Lipinski definition) is 2. The van der Waals surface area contributed by atoms with Crippen LogP contribution in [0.2, 0.25) is 0 Å². The van der Waals surface area contributed by atoms with Crippen molar-refractivity contribution < 1.29 is 9.47 Å². The molecule has 60 valence electrons. The van der Waals surface area contributed by atoms with E-state index >= 15 is 0 Å². The van der Waals surface area contributed by atoms with Gasteiger partial charge in [0.25, 0.3) is 0 Å². The smallest absolute Gasteiger partial charge is 0.190 e. The van der Waals surface area contributed by atoms with E-state index in [1.165, 1.54) is 11.1 Å². The van der Waals surface area contributed by atoms with Gasteiger partial charge in [-0.15, -0.1) is 0 Å². The van der Waals surface area contributed by atoms with Gasteiger partial charge in [-0.1, -0.05) is 24.3 Å². The third kappa shape index (κ3) is 0.676. The van der Waals surface area contributed by atoms with Crippen molar-refractivity contribution in [1.29, 1.82) is 0 Å². The molecule has 2 nitrogen and oxygen atoms in total. The van der Waals surface area contributed by atoms with E-state index in [1.807, 2.05) is 18.2 Å². The second-order valence-electron chi connectivity index (χ2n) is 2.98. The summed E-state index contributed by atoms with van der Waals surface area (Å²) in [4.78, 5) is 0. The second kappa shape index (κ2) is 2.11. The third-order valence-corrected chi connectivity index (χ3v) is 2.29. The molecule has 1 fully saturated rings. The Morgan fingerprint density at radius 2 is 2.17 bits per heavy atom. The van der Waals surface area contributed by atoms with E-state index in [4.69, 9.17) is 9.47 Å². The van der Waals surface area contributed by atoms with Crippen molar-refractivity contribution in [2.45, 2.75) is 6.10 Å². The summed E-state index contributed by atoms with van der Waals surface area (Å²) >= 11 is 0. The monoisotopic (exact) mass is 160 g/mol. The standard InChI is InChI=1S/C10H8O2/c1-2-4-8-7(3-1)5-9-10(8)12-6-11-9/h1-5,10H,6H2. The Bertz CT molecular complexity index is 355. The molecule has 1 aromatic carbocycles. The summed E-state index contributed by atoms with van der Waals surface area (Å²) in [5.74, 6) is 0.955. The molecule has 1 aliphatic heterocycles. The Balaban J connectivity index is 2.18. The van der Waals surface area contributed by atoms with E-state index in [0.717, 1.165) is 5.76 Å². The fraction of sp³-hybridized carbons (Fsp3) is 0.200. The highest BCUT2D eigenvalue weighted by molar-refractivity contribution is 5.64. The lowest BCUT2D eigenvalue weighted by atomic mass is 10.1. The van der Waals surface area contributed by atoms with Crippen LogP contribution in [0, 0.1) is 0 Å². The van der Waals surface area contributed by atoms with Crippen LogP contribution in [0.25, 0.3) is 6.08 Å². The highest BCUT2D eigenvalue weighted by Crippen LogP contribution is 2.40.